The number of nitrogens with zero attached hydrogens (tertiary/aromatic N) is 3. The van der Waals surface area contributed by atoms with E-state index in [9.17, 15) is 27.9 Å². The number of aromatic nitrogens is 2. The minimum atomic E-state index is -4.55. The van der Waals surface area contributed by atoms with Crippen LogP contribution in [0.15, 0.2) is 42.9 Å². The predicted octanol–water partition coefficient (Wildman–Crippen LogP) is 2.25. The van der Waals surface area contributed by atoms with Gasteiger partial charge in [0.05, 0.1) is 17.8 Å². The SMILES string of the molecule is O=C(CNC(=O)c1cccc(C(F)(F)F)c1)NC1CCN(C2CCC(O)(c3ccncn3)CC2)C1. The number of amides is 2. The number of alkyl halides is 3. The van der Waals surface area contributed by atoms with Gasteiger partial charge < -0.3 is 15.7 Å². The van der Waals surface area contributed by atoms with Crippen molar-refractivity contribution in [1.29, 1.82) is 0 Å². The highest BCUT2D eigenvalue weighted by Crippen LogP contribution is 2.38. The van der Waals surface area contributed by atoms with Gasteiger partial charge in [0.1, 0.15) is 11.9 Å². The van der Waals surface area contributed by atoms with Crippen LogP contribution in [-0.4, -0.2) is 63.5 Å². The molecule has 11 heteroatoms. The summed E-state index contributed by atoms with van der Waals surface area (Å²) in [5.74, 6) is -1.13. The largest absolute Gasteiger partial charge is 0.416 e. The molecule has 1 aliphatic heterocycles. The van der Waals surface area contributed by atoms with Crippen molar-refractivity contribution in [3.8, 4) is 0 Å². The normalized spacial score (nSPS) is 25.3. The highest BCUT2D eigenvalue weighted by atomic mass is 19.4. The Morgan fingerprint density at radius 2 is 1.94 bits per heavy atom. The lowest BCUT2D eigenvalue weighted by Crippen LogP contribution is -2.45. The molecule has 0 spiro atoms. The fraction of sp³-hybridized carbons (Fsp3) is 0.500. The fourth-order valence-electron chi connectivity index (χ4n) is 4.88. The molecular weight excluding hydrogens is 463 g/mol. The summed E-state index contributed by atoms with van der Waals surface area (Å²) in [6.45, 7) is 1.17. The van der Waals surface area contributed by atoms with E-state index in [2.05, 4.69) is 25.5 Å². The number of carbonyl (C=O) groups excluding carboxylic acids is 2. The predicted molar refractivity (Wildman–Crippen MR) is 120 cm³/mol. The number of halogens is 3. The highest BCUT2D eigenvalue weighted by molar-refractivity contribution is 5.96. The van der Waals surface area contributed by atoms with E-state index in [0.717, 1.165) is 44.0 Å². The van der Waals surface area contributed by atoms with Gasteiger partial charge in [0, 0.05) is 36.9 Å². The summed E-state index contributed by atoms with van der Waals surface area (Å²) >= 11 is 0. The van der Waals surface area contributed by atoms with Crippen molar-refractivity contribution in [2.24, 2.45) is 0 Å². The third kappa shape index (κ3) is 6.15. The Morgan fingerprint density at radius 1 is 1.17 bits per heavy atom. The molecule has 35 heavy (non-hydrogen) atoms. The van der Waals surface area contributed by atoms with Crippen LogP contribution in [0.1, 0.15) is 53.7 Å². The van der Waals surface area contributed by atoms with Crippen molar-refractivity contribution in [2.45, 2.75) is 56.0 Å². The number of aliphatic hydroxyl groups is 1. The number of carbonyl (C=O) groups is 2. The van der Waals surface area contributed by atoms with E-state index < -0.39 is 23.2 Å². The van der Waals surface area contributed by atoms with Gasteiger partial charge in [-0.1, -0.05) is 6.07 Å². The maximum atomic E-state index is 12.8. The van der Waals surface area contributed by atoms with E-state index in [0.29, 0.717) is 31.1 Å². The van der Waals surface area contributed by atoms with Crippen LogP contribution in [0, 0.1) is 0 Å². The van der Waals surface area contributed by atoms with Crippen LogP contribution in [0.4, 0.5) is 13.2 Å². The maximum absolute atomic E-state index is 12.8. The summed E-state index contributed by atoms with van der Waals surface area (Å²) in [6.07, 6.45) is 2.11. The van der Waals surface area contributed by atoms with Crippen LogP contribution in [0.3, 0.4) is 0 Å². The van der Waals surface area contributed by atoms with Gasteiger partial charge in [-0.15, -0.1) is 0 Å². The Kier molecular flexibility index (Phi) is 7.36. The van der Waals surface area contributed by atoms with Crippen LogP contribution in [0.2, 0.25) is 0 Å². The summed E-state index contributed by atoms with van der Waals surface area (Å²) in [4.78, 5) is 34.9. The minimum Gasteiger partial charge on any atom is -0.384 e. The first kappa shape index (κ1) is 25.1. The van der Waals surface area contributed by atoms with Gasteiger partial charge in [0.15, 0.2) is 0 Å². The standard InChI is InChI=1S/C24H28F3N5O3/c25-24(26,27)17-3-1-2-16(12-17)22(34)29-13-21(33)31-18-7-11-32(14-18)19-4-8-23(35,9-5-19)20-6-10-28-15-30-20/h1-3,6,10,12,15,18-19,35H,4-5,7-9,11,13-14H2,(H,29,34)(H,31,33). The number of nitrogens with one attached hydrogen (secondary N) is 2. The van der Waals surface area contributed by atoms with E-state index in [1.165, 1.54) is 12.4 Å². The van der Waals surface area contributed by atoms with Crippen molar-refractivity contribution < 1.29 is 27.9 Å². The van der Waals surface area contributed by atoms with Gasteiger partial charge >= 0.3 is 6.18 Å². The van der Waals surface area contributed by atoms with Gasteiger partial charge in [0.2, 0.25) is 5.91 Å². The lowest BCUT2D eigenvalue weighted by Gasteiger charge is -2.39. The zero-order valence-electron chi connectivity index (χ0n) is 19.1. The third-order valence-electron chi connectivity index (χ3n) is 6.80. The van der Waals surface area contributed by atoms with E-state index in [-0.39, 0.29) is 24.1 Å². The quantitative estimate of drug-likeness (QED) is 0.572. The van der Waals surface area contributed by atoms with Gasteiger partial charge in [-0.05, 0) is 56.4 Å². The second-order valence-corrected chi connectivity index (χ2v) is 9.17. The fourth-order valence-corrected chi connectivity index (χ4v) is 4.88. The van der Waals surface area contributed by atoms with E-state index in [1.807, 2.05) is 0 Å². The molecule has 2 amide bonds. The lowest BCUT2D eigenvalue weighted by molar-refractivity contribution is -0.137. The summed E-state index contributed by atoms with van der Waals surface area (Å²) in [5, 5.41) is 16.2. The highest BCUT2D eigenvalue weighted by Gasteiger charge is 2.39. The van der Waals surface area contributed by atoms with Crippen molar-refractivity contribution in [2.75, 3.05) is 19.6 Å². The lowest BCUT2D eigenvalue weighted by atomic mass is 9.79. The van der Waals surface area contributed by atoms with Crippen molar-refractivity contribution in [3.05, 3.63) is 59.7 Å². The van der Waals surface area contributed by atoms with Crippen LogP contribution in [0.25, 0.3) is 0 Å². The topological polar surface area (TPSA) is 107 Å². The van der Waals surface area contributed by atoms with Crippen molar-refractivity contribution in [3.63, 3.8) is 0 Å². The first-order valence-electron chi connectivity index (χ1n) is 11.6. The number of rotatable bonds is 6. The Hall–Kier alpha value is -3.05. The summed E-state index contributed by atoms with van der Waals surface area (Å²) in [6, 6.07) is 6.05. The third-order valence-corrected chi connectivity index (χ3v) is 6.80. The van der Waals surface area contributed by atoms with E-state index in [1.54, 1.807) is 12.3 Å². The summed E-state index contributed by atoms with van der Waals surface area (Å²) in [7, 11) is 0. The zero-order valence-corrected chi connectivity index (χ0v) is 19.1. The average Bonchev–Trinajstić information content (AvgIpc) is 3.31. The number of likely N-dealkylation sites (tertiary alicyclic amines) is 1. The monoisotopic (exact) mass is 491 g/mol. The molecule has 1 saturated carbocycles. The molecule has 8 nitrogen and oxygen atoms in total. The Bertz CT molecular complexity index is 1040. The molecule has 1 unspecified atom stereocenters. The Balaban J connectivity index is 1.21. The molecule has 2 aromatic rings. The molecule has 4 rings (SSSR count). The average molecular weight is 492 g/mol. The molecule has 2 fully saturated rings. The van der Waals surface area contributed by atoms with Gasteiger partial charge in [0.25, 0.3) is 5.91 Å². The van der Waals surface area contributed by atoms with Gasteiger partial charge in [-0.3, -0.25) is 14.5 Å². The molecule has 0 radical (unpaired) electrons. The molecule has 188 valence electrons. The molecule has 3 N–H and O–H groups in total. The minimum absolute atomic E-state index is 0.0735. The van der Waals surface area contributed by atoms with Gasteiger partial charge in [-0.2, -0.15) is 13.2 Å². The second kappa shape index (κ2) is 10.3. The summed E-state index contributed by atoms with van der Waals surface area (Å²) < 4.78 is 38.5. The number of benzene rings is 1. The van der Waals surface area contributed by atoms with Crippen molar-refractivity contribution in [1.82, 2.24) is 25.5 Å². The van der Waals surface area contributed by atoms with Gasteiger partial charge in [-0.25, -0.2) is 9.97 Å². The molecule has 1 aliphatic carbocycles. The smallest absolute Gasteiger partial charge is 0.384 e. The Labute approximate surface area is 200 Å². The first-order valence-corrected chi connectivity index (χ1v) is 11.6. The molecule has 1 aromatic carbocycles. The maximum Gasteiger partial charge on any atom is 0.416 e. The van der Waals surface area contributed by atoms with Crippen LogP contribution >= 0.6 is 0 Å². The van der Waals surface area contributed by atoms with E-state index in [4.69, 9.17) is 0 Å². The molecular formula is C24H28F3N5O3. The molecule has 0 bridgehead atoms. The Morgan fingerprint density at radius 3 is 2.63 bits per heavy atom. The first-order chi connectivity index (χ1) is 16.6. The molecule has 1 saturated heterocycles. The van der Waals surface area contributed by atoms with Crippen molar-refractivity contribution >= 4 is 11.8 Å². The molecule has 2 heterocycles. The second-order valence-electron chi connectivity index (χ2n) is 9.17. The number of hydrogen-bond acceptors (Lipinski definition) is 6. The zero-order chi connectivity index (χ0) is 25.1. The van der Waals surface area contributed by atoms with E-state index >= 15 is 0 Å². The van der Waals surface area contributed by atoms with Crippen LogP contribution < -0.4 is 10.6 Å². The summed E-state index contributed by atoms with van der Waals surface area (Å²) in [5.41, 5.74) is -1.37. The molecule has 1 aromatic heterocycles. The van der Waals surface area contributed by atoms with Crippen LogP contribution in [0.5, 0.6) is 0 Å². The van der Waals surface area contributed by atoms with Crippen LogP contribution in [-0.2, 0) is 16.6 Å². The number of hydrogen-bond donors (Lipinski definition) is 3. The molecule has 2 aliphatic rings. The molecule has 1 atom stereocenters.